The third-order valence-corrected chi connectivity index (χ3v) is 5.09. The fourth-order valence-corrected chi connectivity index (χ4v) is 3.58. The Morgan fingerprint density at radius 3 is 2.19 bits per heavy atom. The molecule has 1 aromatic heterocycles. The minimum Gasteiger partial charge on any atom is -0.507 e. The fourth-order valence-electron chi connectivity index (χ4n) is 3.58. The molecule has 2 N–H and O–H groups in total. The Kier molecular flexibility index (Phi) is 4.73. The van der Waals surface area contributed by atoms with Crippen molar-refractivity contribution in [2.45, 2.75) is 13.1 Å². The van der Waals surface area contributed by atoms with E-state index >= 15 is 0 Å². The highest BCUT2D eigenvalue weighted by atomic mass is 16.3. The monoisotopic (exact) mass is 349 g/mol. The number of pyridine rings is 1. The topological polar surface area (TPSA) is 59.6 Å². The molecular weight excluding hydrogens is 326 g/mol. The van der Waals surface area contributed by atoms with Crippen LogP contribution in [0, 0.1) is 0 Å². The van der Waals surface area contributed by atoms with Gasteiger partial charge in [0.25, 0.3) is 5.56 Å². The summed E-state index contributed by atoms with van der Waals surface area (Å²) in [6.45, 7) is 5.13. The van der Waals surface area contributed by atoms with Gasteiger partial charge in [-0.15, -0.1) is 0 Å². The number of piperazine rings is 1. The molecule has 0 radical (unpaired) electrons. The van der Waals surface area contributed by atoms with Gasteiger partial charge in [0, 0.05) is 44.7 Å². The summed E-state index contributed by atoms with van der Waals surface area (Å²) in [5.41, 5.74) is 2.25. The number of aromatic hydroxyl groups is 1. The highest BCUT2D eigenvalue weighted by Gasteiger charge is 2.20. The van der Waals surface area contributed by atoms with Gasteiger partial charge in [-0.3, -0.25) is 14.6 Å². The molecule has 1 saturated heterocycles. The molecular formula is C21H23N3O2. The highest BCUT2D eigenvalue weighted by Crippen LogP contribution is 2.25. The quantitative estimate of drug-likeness (QED) is 0.760. The maximum absolute atomic E-state index is 12.4. The van der Waals surface area contributed by atoms with E-state index in [2.05, 4.69) is 39.0 Å². The summed E-state index contributed by atoms with van der Waals surface area (Å²) >= 11 is 0. The van der Waals surface area contributed by atoms with Crippen LogP contribution in [-0.4, -0.2) is 46.1 Å². The number of nitrogens with zero attached hydrogens (tertiary/aromatic N) is 2. The zero-order valence-electron chi connectivity index (χ0n) is 14.7. The Balaban J connectivity index is 1.43. The maximum Gasteiger partial charge on any atom is 0.256 e. The minimum atomic E-state index is -0.201. The zero-order valence-corrected chi connectivity index (χ0v) is 14.7. The van der Waals surface area contributed by atoms with Crippen LogP contribution < -0.4 is 5.56 Å². The second-order valence-corrected chi connectivity index (χ2v) is 6.86. The van der Waals surface area contributed by atoms with E-state index in [0.717, 1.165) is 32.7 Å². The number of benzene rings is 2. The molecule has 0 amide bonds. The molecule has 0 aliphatic carbocycles. The van der Waals surface area contributed by atoms with Crippen LogP contribution in [0.5, 0.6) is 5.75 Å². The standard InChI is InChI=1S/C21H23N3O2/c25-20-17-8-4-5-9-19(17)22-21(26)18(20)15-24-12-10-23(11-13-24)14-16-6-2-1-3-7-16/h1-9H,10-15H2,(H2,22,25,26). The summed E-state index contributed by atoms with van der Waals surface area (Å²) in [5.74, 6) is 0.107. The van der Waals surface area contributed by atoms with Gasteiger partial charge < -0.3 is 10.1 Å². The van der Waals surface area contributed by atoms with Crippen LogP contribution in [0.4, 0.5) is 0 Å². The molecule has 0 atom stereocenters. The molecule has 0 spiro atoms. The highest BCUT2D eigenvalue weighted by molar-refractivity contribution is 5.85. The van der Waals surface area contributed by atoms with Crippen molar-refractivity contribution in [1.29, 1.82) is 0 Å². The largest absolute Gasteiger partial charge is 0.507 e. The van der Waals surface area contributed by atoms with Gasteiger partial charge in [0.15, 0.2) is 0 Å². The Bertz CT molecular complexity index is 944. The number of hydrogen-bond donors (Lipinski definition) is 2. The van der Waals surface area contributed by atoms with Crippen LogP contribution in [0.3, 0.4) is 0 Å². The van der Waals surface area contributed by atoms with E-state index in [1.807, 2.05) is 30.3 Å². The first-order chi connectivity index (χ1) is 12.7. The number of para-hydroxylation sites is 1. The Hall–Kier alpha value is -2.63. The van der Waals surface area contributed by atoms with Crippen molar-refractivity contribution in [3.05, 3.63) is 76.1 Å². The smallest absolute Gasteiger partial charge is 0.256 e. The minimum absolute atomic E-state index is 0.107. The predicted octanol–water partition coefficient (Wildman–Crippen LogP) is 2.55. The summed E-state index contributed by atoms with van der Waals surface area (Å²) in [4.78, 5) is 19.9. The molecule has 26 heavy (non-hydrogen) atoms. The van der Waals surface area contributed by atoms with Crippen LogP contribution in [0.15, 0.2) is 59.4 Å². The Morgan fingerprint density at radius 2 is 1.46 bits per heavy atom. The normalized spacial score (nSPS) is 16.2. The number of nitrogens with one attached hydrogen (secondary N) is 1. The van der Waals surface area contributed by atoms with E-state index in [1.165, 1.54) is 5.56 Å². The van der Waals surface area contributed by atoms with Crippen LogP contribution in [0.2, 0.25) is 0 Å². The van der Waals surface area contributed by atoms with Gasteiger partial charge in [-0.25, -0.2) is 0 Å². The summed E-state index contributed by atoms with van der Waals surface area (Å²) in [7, 11) is 0. The number of rotatable bonds is 4. The third-order valence-electron chi connectivity index (χ3n) is 5.09. The first-order valence-corrected chi connectivity index (χ1v) is 9.02. The van der Waals surface area contributed by atoms with Gasteiger partial charge in [-0.05, 0) is 17.7 Å². The van der Waals surface area contributed by atoms with E-state index in [-0.39, 0.29) is 11.3 Å². The fraction of sp³-hybridized carbons (Fsp3) is 0.286. The van der Waals surface area contributed by atoms with E-state index in [9.17, 15) is 9.90 Å². The maximum atomic E-state index is 12.4. The van der Waals surface area contributed by atoms with Crippen molar-refractivity contribution in [3.63, 3.8) is 0 Å². The van der Waals surface area contributed by atoms with Gasteiger partial charge in [0.05, 0.1) is 11.1 Å². The summed E-state index contributed by atoms with van der Waals surface area (Å²) < 4.78 is 0. The van der Waals surface area contributed by atoms with Crippen molar-refractivity contribution >= 4 is 10.9 Å². The Morgan fingerprint density at radius 1 is 0.846 bits per heavy atom. The van der Waals surface area contributed by atoms with Crippen molar-refractivity contribution in [1.82, 2.24) is 14.8 Å². The first kappa shape index (κ1) is 16.8. The second-order valence-electron chi connectivity index (χ2n) is 6.86. The van der Waals surface area contributed by atoms with Crippen LogP contribution in [0.25, 0.3) is 10.9 Å². The molecule has 1 fully saturated rings. The van der Waals surface area contributed by atoms with E-state index < -0.39 is 0 Å². The first-order valence-electron chi connectivity index (χ1n) is 9.02. The van der Waals surface area contributed by atoms with E-state index in [1.54, 1.807) is 0 Å². The molecule has 134 valence electrons. The number of aromatic nitrogens is 1. The van der Waals surface area contributed by atoms with Gasteiger partial charge >= 0.3 is 0 Å². The van der Waals surface area contributed by atoms with E-state index in [4.69, 9.17) is 0 Å². The van der Waals surface area contributed by atoms with Gasteiger partial charge in [-0.1, -0.05) is 42.5 Å². The molecule has 4 rings (SSSR count). The molecule has 5 nitrogen and oxygen atoms in total. The Labute approximate surface area is 152 Å². The lowest BCUT2D eigenvalue weighted by Gasteiger charge is -2.34. The lowest BCUT2D eigenvalue weighted by atomic mass is 10.1. The van der Waals surface area contributed by atoms with E-state index in [0.29, 0.717) is 23.0 Å². The van der Waals surface area contributed by atoms with Crippen molar-refractivity contribution in [3.8, 4) is 5.75 Å². The number of fused-ring (bicyclic) bond motifs is 1. The molecule has 0 bridgehead atoms. The molecule has 0 saturated carbocycles. The predicted molar refractivity (Wildman–Crippen MR) is 103 cm³/mol. The number of aromatic amines is 1. The van der Waals surface area contributed by atoms with Crippen molar-refractivity contribution in [2.24, 2.45) is 0 Å². The SMILES string of the molecule is O=c1[nH]c2ccccc2c(O)c1CN1CCN(Cc2ccccc2)CC1. The lowest BCUT2D eigenvalue weighted by molar-refractivity contribution is 0.121. The van der Waals surface area contributed by atoms with Crippen LogP contribution >= 0.6 is 0 Å². The molecule has 0 unspecified atom stereocenters. The van der Waals surface area contributed by atoms with Crippen molar-refractivity contribution in [2.75, 3.05) is 26.2 Å². The zero-order chi connectivity index (χ0) is 17.9. The van der Waals surface area contributed by atoms with Crippen LogP contribution in [0.1, 0.15) is 11.1 Å². The average molecular weight is 349 g/mol. The lowest BCUT2D eigenvalue weighted by Crippen LogP contribution is -2.45. The molecule has 2 heterocycles. The molecule has 1 aliphatic heterocycles. The summed E-state index contributed by atoms with van der Waals surface area (Å²) in [6, 6.07) is 17.8. The van der Waals surface area contributed by atoms with Gasteiger partial charge in [-0.2, -0.15) is 0 Å². The van der Waals surface area contributed by atoms with Crippen molar-refractivity contribution < 1.29 is 5.11 Å². The molecule has 5 heteroatoms. The number of hydrogen-bond acceptors (Lipinski definition) is 4. The summed E-state index contributed by atoms with van der Waals surface area (Å²) in [6.07, 6.45) is 0. The second kappa shape index (κ2) is 7.32. The third kappa shape index (κ3) is 3.49. The summed E-state index contributed by atoms with van der Waals surface area (Å²) in [5, 5.41) is 11.2. The van der Waals surface area contributed by atoms with Gasteiger partial charge in [0.1, 0.15) is 5.75 Å². The number of H-pyrrole nitrogens is 1. The molecule has 3 aromatic rings. The molecule has 2 aromatic carbocycles. The van der Waals surface area contributed by atoms with Crippen LogP contribution in [-0.2, 0) is 13.1 Å². The van der Waals surface area contributed by atoms with Gasteiger partial charge in [0.2, 0.25) is 0 Å². The molecule has 1 aliphatic rings. The average Bonchev–Trinajstić information content (AvgIpc) is 2.67.